The molecular formula is C52H83N17O8. The fourth-order valence-corrected chi connectivity index (χ4v) is 8.01. The number of fused-ring (bicyclic) bond motifs is 33. The molecule has 0 radical (unpaired) electrons. The second kappa shape index (κ2) is 33.3. The number of aliphatic imine (C=N–C) groups is 2. The fraction of sp³-hybridized carbons (Fsp3) is 0.558. The first kappa shape index (κ1) is 63.5. The van der Waals surface area contributed by atoms with Crippen LogP contribution in [-0.4, -0.2) is 121 Å². The predicted molar refractivity (Wildman–Crippen MR) is 294 cm³/mol. The Bertz CT molecular complexity index is 2350. The van der Waals surface area contributed by atoms with E-state index >= 15 is 0 Å². The van der Waals surface area contributed by atoms with E-state index in [4.69, 9.17) is 39.8 Å². The Balaban J connectivity index is 1.92. The molecule has 21 N–H and O–H groups in total. The summed E-state index contributed by atoms with van der Waals surface area (Å²) in [6.45, 7) is 6.31. The number of carbonyl (C=O) groups excluding carboxylic acids is 8. The highest BCUT2D eigenvalue weighted by Crippen LogP contribution is 2.21. The summed E-state index contributed by atoms with van der Waals surface area (Å²) >= 11 is 0. The van der Waals surface area contributed by atoms with Gasteiger partial charge in [-0.2, -0.15) is 0 Å². The Morgan fingerprint density at radius 1 is 0.623 bits per heavy atom. The summed E-state index contributed by atoms with van der Waals surface area (Å²) in [4.78, 5) is 116. The zero-order chi connectivity index (χ0) is 56.9. The third kappa shape index (κ3) is 25.5. The van der Waals surface area contributed by atoms with Crippen LogP contribution in [0.4, 0.5) is 0 Å². The molecule has 2 aromatic rings. The van der Waals surface area contributed by atoms with E-state index in [1.807, 2.05) is 24.3 Å². The fourth-order valence-electron chi connectivity index (χ4n) is 8.01. The van der Waals surface area contributed by atoms with Gasteiger partial charge < -0.3 is 76.9 Å². The summed E-state index contributed by atoms with van der Waals surface area (Å²) in [5.74, 6) is -4.45. The van der Waals surface area contributed by atoms with Gasteiger partial charge in [-0.25, -0.2) is 0 Å². The molecule has 4 rings (SSSR count). The molecule has 8 amide bonds. The lowest BCUT2D eigenvalue weighted by Gasteiger charge is -2.33. The maximum absolute atomic E-state index is 14.4. The van der Waals surface area contributed by atoms with Gasteiger partial charge in [0.25, 0.3) is 0 Å². The second-order valence-electron chi connectivity index (χ2n) is 20.1. The van der Waals surface area contributed by atoms with Crippen molar-refractivity contribution in [2.45, 2.75) is 154 Å². The van der Waals surface area contributed by atoms with Crippen LogP contribution in [0.15, 0.2) is 58.5 Å². The summed E-state index contributed by atoms with van der Waals surface area (Å²) in [5, 5.41) is 30.2. The summed E-state index contributed by atoms with van der Waals surface area (Å²) in [5.41, 5.74) is 35.9. The first-order chi connectivity index (χ1) is 36.5. The van der Waals surface area contributed by atoms with Crippen molar-refractivity contribution in [1.82, 2.24) is 42.5 Å². The number of nitrogens with zero attached hydrogens (tertiary/aromatic N) is 2. The minimum atomic E-state index is -1.28. The van der Waals surface area contributed by atoms with Crippen LogP contribution in [-0.2, 0) is 57.9 Å². The second-order valence-corrected chi connectivity index (χ2v) is 20.1. The van der Waals surface area contributed by atoms with Crippen molar-refractivity contribution in [1.29, 1.82) is 5.41 Å². The van der Waals surface area contributed by atoms with Crippen LogP contribution in [0.3, 0.4) is 0 Å². The molecule has 2 bridgehead atoms. The van der Waals surface area contributed by atoms with Crippen LogP contribution in [0.2, 0.25) is 0 Å². The van der Waals surface area contributed by atoms with Crippen molar-refractivity contribution >= 4 is 65.0 Å². The summed E-state index contributed by atoms with van der Waals surface area (Å²) in [7, 11) is 0. The number of benzene rings is 2. The molecule has 2 aromatic carbocycles. The van der Waals surface area contributed by atoms with Crippen LogP contribution in [0.5, 0.6) is 0 Å². The SMILES string of the molecule is CC(C)(C)[C@@H]1NC(=O)[C@H](CCCN=C(N)N)NC(=O)[C@H](CCCN=C(N)N)NC(=O)[C@@H](N)CCCCNC(=O)Cc2ccc(cc2)CNC(=O)CCCC(=O)NCCCC[C@@H](C(=O)NCc2ccc(C(=N)N)cc2)NC1=O. The third-order valence-corrected chi connectivity index (χ3v) is 12.5. The first-order valence-electron chi connectivity index (χ1n) is 26.2. The standard InChI is InChI=1S/C52H83N17O8/c1-52(2,3)43-49(77)68-37(46(74)65-31-34-21-23-35(24-22-34)44(54)55)12-5-7-25-60-40(70)15-8-16-41(71)64-30-33-19-17-32(18-20-33)29-42(72)61-26-6-4-11-36(53)45(73)66-38(13-9-27-62-50(56)57)47(75)67-39(48(76)69-43)14-10-28-63-51(58)59/h17-24,36-39,43H,4-16,25-31,53H2,1-3H3,(H3,54,55)(H,60,70)(H,61,72)(H,64,71)(H,65,74)(H,66,73)(H,67,75)(H,68,77)(H,69,76)(H4,56,57,62)(H4,58,59,63)/t36-,37-,38-,39-,43+/m0/s1. The van der Waals surface area contributed by atoms with E-state index in [2.05, 4.69) is 52.5 Å². The van der Waals surface area contributed by atoms with Gasteiger partial charge in [0, 0.05) is 57.7 Å². The minimum absolute atomic E-state index is 0.00582. The van der Waals surface area contributed by atoms with Crippen LogP contribution >= 0.6 is 0 Å². The molecule has 5 atom stereocenters. The van der Waals surface area contributed by atoms with E-state index in [-0.39, 0.29) is 126 Å². The van der Waals surface area contributed by atoms with E-state index < -0.39 is 65.2 Å². The molecule has 424 valence electrons. The smallest absolute Gasteiger partial charge is 0.243 e. The van der Waals surface area contributed by atoms with Gasteiger partial charge in [0.2, 0.25) is 47.3 Å². The highest BCUT2D eigenvalue weighted by atomic mass is 16.2. The molecular weight excluding hydrogens is 991 g/mol. The number of nitrogens with one attached hydrogen (secondary N) is 9. The molecule has 0 aliphatic carbocycles. The Kier molecular flexibility index (Phi) is 27.4. The molecule has 0 aromatic heterocycles. The molecule has 0 saturated carbocycles. The van der Waals surface area contributed by atoms with Crippen molar-refractivity contribution in [3.05, 3.63) is 70.8 Å². The lowest BCUT2D eigenvalue weighted by atomic mass is 9.85. The molecule has 0 saturated heterocycles. The molecule has 25 nitrogen and oxygen atoms in total. The Morgan fingerprint density at radius 3 is 1.70 bits per heavy atom. The molecule has 77 heavy (non-hydrogen) atoms. The number of rotatable bonds is 12. The van der Waals surface area contributed by atoms with E-state index in [0.717, 1.165) is 11.1 Å². The number of amidine groups is 1. The van der Waals surface area contributed by atoms with Gasteiger partial charge in [0.15, 0.2) is 11.9 Å². The topological polar surface area (TPSA) is 437 Å². The average molecular weight is 1070 g/mol. The van der Waals surface area contributed by atoms with Crippen LogP contribution in [0.1, 0.15) is 126 Å². The van der Waals surface area contributed by atoms with Gasteiger partial charge in [0.1, 0.15) is 30.0 Å². The van der Waals surface area contributed by atoms with Crippen molar-refractivity contribution in [3.63, 3.8) is 0 Å². The van der Waals surface area contributed by atoms with Crippen molar-refractivity contribution < 1.29 is 38.4 Å². The van der Waals surface area contributed by atoms with Gasteiger partial charge in [-0.15, -0.1) is 0 Å². The maximum atomic E-state index is 14.4. The highest BCUT2D eigenvalue weighted by molar-refractivity contribution is 5.97. The third-order valence-electron chi connectivity index (χ3n) is 12.5. The van der Waals surface area contributed by atoms with Gasteiger partial charge >= 0.3 is 0 Å². The number of hydrogen-bond donors (Lipinski definition) is 15. The average Bonchev–Trinajstić information content (AvgIpc) is 3.37. The Morgan fingerprint density at radius 2 is 1.14 bits per heavy atom. The molecule has 0 unspecified atom stereocenters. The molecule has 2 aliphatic heterocycles. The number of nitrogens with two attached hydrogens (primary N) is 6. The number of hydrogen-bond acceptors (Lipinski definition) is 12. The zero-order valence-electron chi connectivity index (χ0n) is 44.8. The van der Waals surface area contributed by atoms with Crippen LogP contribution in [0.25, 0.3) is 0 Å². The largest absolute Gasteiger partial charge is 0.384 e. The lowest BCUT2D eigenvalue weighted by molar-refractivity contribution is -0.136. The Labute approximate surface area is 450 Å². The minimum Gasteiger partial charge on any atom is -0.384 e. The van der Waals surface area contributed by atoms with Gasteiger partial charge in [-0.3, -0.25) is 53.8 Å². The molecule has 0 fully saturated rings. The summed E-state index contributed by atoms with van der Waals surface area (Å²) < 4.78 is 0. The van der Waals surface area contributed by atoms with Crippen LogP contribution < -0.4 is 76.9 Å². The van der Waals surface area contributed by atoms with Gasteiger partial charge in [0.05, 0.1) is 12.5 Å². The van der Waals surface area contributed by atoms with Gasteiger partial charge in [-0.1, -0.05) is 69.3 Å². The molecule has 2 heterocycles. The predicted octanol–water partition coefficient (Wildman–Crippen LogP) is -1.38. The lowest BCUT2D eigenvalue weighted by Crippen LogP contribution is -2.61. The van der Waals surface area contributed by atoms with Crippen molar-refractivity contribution in [2.75, 3.05) is 26.2 Å². The van der Waals surface area contributed by atoms with Gasteiger partial charge in [-0.05, 0) is 92.7 Å². The number of carbonyl (C=O) groups is 8. The number of amides is 8. The normalized spacial score (nSPS) is 21.0. The number of nitrogen functional groups attached to an aromatic ring is 1. The first-order valence-corrected chi connectivity index (χ1v) is 26.2. The summed E-state index contributed by atoms with van der Waals surface area (Å²) in [6.07, 6.45) is 3.35. The molecule has 0 spiro atoms. The summed E-state index contributed by atoms with van der Waals surface area (Å²) in [6, 6.07) is 8.09. The Hall–Kier alpha value is -7.83. The maximum Gasteiger partial charge on any atom is 0.243 e. The van der Waals surface area contributed by atoms with Crippen molar-refractivity contribution in [3.8, 4) is 0 Å². The zero-order valence-corrected chi connectivity index (χ0v) is 44.8. The molecule has 25 heteroatoms. The molecule has 2 aliphatic rings. The monoisotopic (exact) mass is 1070 g/mol. The quantitative estimate of drug-likeness (QED) is 0.0505. The van der Waals surface area contributed by atoms with E-state index in [0.29, 0.717) is 49.8 Å². The van der Waals surface area contributed by atoms with E-state index in [1.165, 1.54) is 0 Å². The number of guanidine groups is 2. The van der Waals surface area contributed by atoms with E-state index in [1.54, 1.807) is 45.0 Å². The highest BCUT2D eigenvalue weighted by Gasteiger charge is 2.37. The van der Waals surface area contributed by atoms with E-state index in [9.17, 15) is 38.4 Å². The van der Waals surface area contributed by atoms with Crippen molar-refractivity contribution in [2.24, 2.45) is 49.8 Å². The van der Waals surface area contributed by atoms with Crippen LogP contribution in [0, 0.1) is 10.8 Å².